The molecule has 2 aromatic heterocycles. The van der Waals surface area contributed by atoms with Crippen molar-refractivity contribution in [2.45, 2.75) is 40.3 Å². The Kier molecular flexibility index (Phi) is 4.22. The van der Waals surface area contributed by atoms with Crippen molar-refractivity contribution in [3.8, 4) is 5.75 Å². The lowest BCUT2D eigenvalue weighted by atomic mass is 10.2. The predicted molar refractivity (Wildman–Crippen MR) is 74.0 cm³/mol. The normalized spacial score (nSPS) is 10.7. The second-order valence-electron chi connectivity index (χ2n) is 4.54. The van der Waals surface area contributed by atoms with Gasteiger partial charge in [-0.15, -0.1) is 0 Å². The largest absolute Gasteiger partial charge is 0.487 e. The van der Waals surface area contributed by atoms with Crippen LogP contribution in [-0.4, -0.2) is 4.98 Å². The Balaban J connectivity index is 2.11. The fraction of sp³-hybridized carbons (Fsp3) is 0.400. The zero-order chi connectivity index (χ0) is 13.8. The van der Waals surface area contributed by atoms with Crippen LogP contribution in [0.15, 0.2) is 22.6 Å². The van der Waals surface area contributed by atoms with Gasteiger partial charge in [0.25, 0.3) is 0 Å². The molecule has 4 heteroatoms. The van der Waals surface area contributed by atoms with Crippen LogP contribution in [0.4, 0.5) is 0 Å². The zero-order valence-electron chi connectivity index (χ0n) is 11.7. The van der Waals surface area contributed by atoms with Crippen LogP contribution < -0.4 is 10.5 Å². The van der Waals surface area contributed by atoms with E-state index in [2.05, 4.69) is 11.9 Å². The Bertz CT molecular complexity index is 561. The van der Waals surface area contributed by atoms with Crippen LogP contribution in [0.25, 0.3) is 0 Å². The number of aryl methyl sites for hydroxylation is 3. The summed E-state index contributed by atoms with van der Waals surface area (Å²) in [7, 11) is 0. The van der Waals surface area contributed by atoms with Crippen molar-refractivity contribution < 1.29 is 9.15 Å². The number of nitrogens with two attached hydrogens (primary N) is 1. The van der Waals surface area contributed by atoms with E-state index in [1.807, 2.05) is 32.0 Å². The summed E-state index contributed by atoms with van der Waals surface area (Å²) in [6, 6.07) is 5.88. The molecule has 19 heavy (non-hydrogen) atoms. The Morgan fingerprint density at radius 2 is 2.11 bits per heavy atom. The van der Waals surface area contributed by atoms with Crippen molar-refractivity contribution in [3.05, 3.63) is 46.7 Å². The molecule has 0 aliphatic rings. The van der Waals surface area contributed by atoms with Crippen LogP contribution in [0.5, 0.6) is 5.75 Å². The molecule has 0 saturated carbocycles. The van der Waals surface area contributed by atoms with Gasteiger partial charge in [-0.3, -0.25) is 4.98 Å². The maximum Gasteiger partial charge on any atom is 0.141 e. The van der Waals surface area contributed by atoms with Crippen LogP contribution in [0, 0.1) is 13.8 Å². The first-order chi connectivity index (χ1) is 9.13. The molecular formula is C15H20N2O2. The molecule has 0 fully saturated rings. The van der Waals surface area contributed by atoms with Gasteiger partial charge in [-0.05, 0) is 38.5 Å². The van der Waals surface area contributed by atoms with Crippen LogP contribution in [0.1, 0.15) is 35.4 Å². The highest BCUT2D eigenvalue weighted by Crippen LogP contribution is 2.21. The first-order valence-electron chi connectivity index (χ1n) is 6.51. The zero-order valence-corrected chi connectivity index (χ0v) is 11.7. The van der Waals surface area contributed by atoms with Gasteiger partial charge in [0.05, 0.1) is 12.2 Å². The summed E-state index contributed by atoms with van der Waals surface area (Å²) in [5, 5.41) is 0. The Labute approximate surface area is 113 Å². The third kappa shape index (κ3) is 3.15. The van der Waals surface area contributed by atoms with Crippen molar-refractivity contribution in [2.75, 3.05) is 0 Å². The molecule has 2 N–H and O–H groups in total. The summed E-state index contributed by atoms with van der Waals surface area (Å²) < 4.78 is 11.4. The molecule has 0 unspecified atom stereocenters. The number of aromatic nitrogens is 1. The summed E-state index contributed by atoms with van der Waals surface area (Å²) >= 11 is 0. The maximum atomic E-state index is 5.84. The number of furan rings is 1. The van der Waals surface area contributed by atoms with Crippen LogP contribution in [-0.2, 0) is 19.6 Å². The molecule has 0 saturated heterocycles. The fourth-order valence-electron chi connectivity index (χ4n) is 1.97. The molecule has 0 radical (unpaired) electrons. The molecule has 0 aliphatic carbocycles. The van der Waals surface area contributed by atoms with E-state index in [0.29, 0.717) is 13.2 Å². The average Bonchev–Trinajstić information content (AvgIpc) is 2.78. The molecule has 0 bridgehead atoms. The smallest absolute Gasteiger partial charge is 0.141 e. The second-order valence-corrected chi connectivity index (χ2v) is 4.54. The Morgan fingerprint density at radius 1 is 1.32 bits per heavy atom. The van der Waals surface area contributed by atoms with E-state index in [4.69, 9.17) is 14.9 Å². The topological polar surface area (TPSA) is 61.3 Å². The van der Waals surface area contributed by atoms with E-state index >= 15 is 0 Å². The van der Waals surface area contributed by atoms with E-state index < -0.39 is 0 Å². The van der Waals surface area contributed by atoms with Crippen LogP contribution in [0.2, 0.25) is 0 Å². The van der Waals surface area contributed by atoms with E-state index in [9.17, 15) is 0 Å². The highest BCUT2D eigenvalue weighted by atomic mass is 16.5. The summed E-state index contributed by atoms with van der Waals surface area (Å²) in [6.45, 7) is 6.87. The molecule has 0 amide bonds. The number of ether oxygens (including phenoxy) is 1. The van der Waals surface area contributed by atoms with E-state index in [0.717, 1.165) is 40.6 Å². The molecule has 102 valence electrons. The summed E-state index contributed by atoms with van der Waals surface area (Å²) in [5.74, 6) is 2.48. The third-order valence-corrected chi connectivity index (χ3v) is 3.06. The maximum absolute atomic E-state index is 5.84. The molecule has 4 nitrogen and oxygen atoms in total. The molecule has 0 aromatic carbocycles. The predicted octanol–water partition coefficient (Wildman–Crippen LogP) is 2.89. The second kappa shape index (κ2) is 5.89. The Hall–Kier alpha value is -1.81. The van der Waals surface area contributed by atoms with E-state index in [1.165, 1.54) is 0 Å². The summed E-state index contributed by atoms with van der Waals surface area (Å²) in [4.78, 5) is 4.48. The minimum Gasteiger partial charge on any atom is -0.487 e. The molecule has 2 heterocycles. The highest BCUT2D eigenvalue weighted by Gasteiger charge is 2.09. The highest BCUT2D eigenvalue weighted by molar-refractivity contribution is 5.30. The van der Waals surface area contributed by atoms with Gasteiger partial charge in [0, 0.05) is 11.3 Å². The van der Waals surface area contributed by atoms with Gasteiger partial charge in [-0.1, -0.05) is 6.92 Å². The van der Waals surface area contributed by atoms with E-state index in [1.54, 1.807) is 0 Å². The quantitative estimate of drug-likeness (QED) is 0.898. The lowest BCUT2D eigenvalue weighted by molar-refractivity contribution is 0.298. The SMILES string of the molecule is CCc1nc(C)ccc1OCc1cc(CN)oc1C. The van der Waals surface area contributed by atoms with Crippen molar-refractivity contribution >= 4 is 0 Å². The monoisotopic (exact) mass is 260 g/mol. The van der Waals surface area contributed by atoms with E-state index in [-0.39, 0.29) is 0 Å². The van der Waals surface area contributed by atoms with Crippen LogP contribution in [0.3, 0.4) is 0 Å². The minimum absolute atomic E-state index is 0.410. The van der Waals surface area contributed by atoms with Crippen molar-refractivity contribution in [2.24, 2.45) is 5.73 Å². The van der Waals surface area contributed by atoms with Gasteiger partial charge in [-0.25, -0.2) is 0 Å². The lowest BCUT2D eigenvalue weighted by Gasteiger charge is -2.09. The number of hydrogen-bond donors (Lipinski definition) is 1. The lowest BCUT2D eigenvalue weighted by Crippen LogP contribution is -2.01. The van der Waals surface area contributed by atoms with Gasteiger partial charge >= 0.3 is 0 Å². The summed E-state index contributed by atoms with van der Waals surface area (Å²) in [5.41, 5.74) is 8.58. The number of nitrogens with zero attached hydrogens (tertiary/aromatic N) is 1. The number of pyridine rings is 1. The van der Waals surface area contributed by atoms with Crippen molar-refractivity contribution in [3.63, 3.8) is 0 Å². The fourth-order valence-corrected chi connectivity index (χ4v) is 1.97. The third-order valence-electron chi connectivity index (χ3n) is 3.06. The van der Waals surface area contributed by atoms with Gasteiger partial charge in [0.15, 0.2) is 0 Å². The van der Waals surface area contributed by atoms with Crippen molar-refractivity contribution in [1.82, 2.24) is 4.98 Å². The molecule has 2 aromatic rings. The standard InChI is InChI=1S/C15H20N2O2/c1-4-14-15(6-5-10(2)17-14)18-9-12-7-13(8-16)19-11(12)3/h5-7H,4,8-9,16H2,1-3H3. The molecule has 2 rings (SSSR count). The first kappa shape index (κ1) is 13.6. The van der Waals surface area contributed by atoms with Crippen molar-refractivity contribution in [1.29, 1.82) is 0 Å². The molecular weight excluding hydrogens is 240 g/mol. The number of hydrogen-bond acceptors (Lipinski definition) is 4. The summed E-state index contributed by atoms with van der Waals surface area (Å²) in [6.07, 6.45) is 0.857. The first-order valence-corrected chi connectivity index (χ1v) is 6.51. The molecule has 0 spiro atoms. The minimum atomic E-state index is 0.410. The van der Waals surface area contributed by atoms with Gasteiger partial charge < -0.3 is 14.9 Å². The van der Waals surface area contributed by atoms with Crippen LogP contribution >= 0.6 is 0 Å². The van der Waals surface area contributed by atoms with Gasteiger partial charge in [0.2, 0.25) is 0 Å². The Morgan fingerprint density at radius 3 is 2.74 bits per heavy atom. The molecule has 0 aliphatic heterocycles. The van der Waals surface area contributed by atoms with Gasteiger partial charge in [0.1, 0.15) is 23.9 Å². The molecule has 0 atom stereocenters. The average molecular weight is 260 g/mol. The van der Waals surface area contributed by atoms with Gasteiger partial charge in [-0.2, -0.15) is 0 Å². The number of rotatable bonds is 5.